The first-order valence-corrected chi connectivity index (χ1v) is 6.63. The number of aromatic nitrogens is 1. The van der Waals surface area contributed by atoms with Crippen molar-refractivity contribution >= 4 is 28.3 Å². The van der Waals surface area contributed by atoms with Crippen LogP contribution in [0.25, 0.3) is 0 Å². The third kappa shape index (κ3) is 6.01. The predicted octanol–water partition coefficient (Wildman–Crippen LogP) is 1.27. The van der Waals surface area contributed by atoms with Gasteiger partial charge in [0, 0.05) is 18.5 Å². The van der Waals surface area contributed by atoms with E-state index >= 15 is 0 Å². The van der Waals surface area contributed by atoms with Crippen LogP contribution in [0.4, 0.5) is 5.13 Å². The molecule has 5 N–H and O–H groups in total. The fraction of sp³-hybridized carbons (Fsp3) is 0.250. The Morgan fingerprint density at radius 2 is 2.30 bits per heavy atom. The number of furan rings is 1. The number of nitrogens with zero attached hydrogens (tertiary/aromatic N) is 2. The fourth-order valence-corrected chi connectivity index (χ4v) is 1.69. The molecule has 0 saturated carbocycles. The summed E-state index contributed by atoms with van der Waals surface area (Å²) in [7, 11) is 0. The second-order valence-electron chi connectivity index (χ2n) is 3.79. The van der Waals surface area contributed by atoms with Crippen LogP contribution in [0.1, 0.15) is 18.2 Å². The minimum atomic E-state index is -0.0409. The molecule has 0 spiro atoms. The van der Waals surface area contributed by atoms with Crippen LogP contribution in [0.2, 0.25) is 0 Å². The van der Waals surface area contributed by atoms with Gasteiger partial charge in [-0.3, -0.25) is 4.79 Å². The number of nitrogens with two attached hydrogens (primary N) is 2. The van der Waals surface area contributed by atoms with Gasteiger partial charge in [0.05, 0.1) is 12.8 Å². The van der Waals surface area contributed by atoms with Gasteiger partial charge in [0.15, 0.2) is 5.96 Å². The first-order valence-electron chi connectivity index (χ1n) is 5.75. The highest BCUT2D eigenvalue weighted by Crippen LogP contribution is 2.13. The maximum absolute atomic E-state index is 10.5. The Kier molecular flexibility index (Phi) is 6.24. The molecule has 2 aromatic heterocycles. The van der Waals surface area contributed by atoms with Gasteiger partial charge < -0.3 is 21.2 Å². The molecule has 2 aromatic rings. The van der Waals surface area contributed by atoms with E-state index in [2.05, 4.69) is 15.3 Å². The Balaban J connectivity index is 0.000000204. The van der Waals surface area contributed by atoms with Gasteiger partial charge in [0.2, 0.25) is 11.0 Å². The van der Waals surface area contributed by atoms with Crippen molar-refractivity contribution in [3.8, 4) is 0 Å². The minimum absolute atomic E-state index is 0.0409. The van der Waals surface area contributed by atoms with Crippen molar-refractivity contribution in [2.24, 2.45) is 16.5 Å². The lowest BCUT2D eigenvalue weighted by Gasteiger charge is -1.98. The number of guanidine groups is 1. The summed E-state index contributed by atoms with van der Waals surface area (Å²) >= 11 is 1.39. The SMILES string of the molecule is CC(=O)NCc1occc1C.NC(N)=Nc1nccs1. The standard InChI is InChI=1S/C8H11NO2.C4H6N4S/c1-6-3-4-11-8(6)5-9-7(2)10;5-3(6)8-4-7-1-2-9-4/h3-4H,5H2,1-2H3,(H,9,10);1-2H,(H4,5,6,7,8). The van der Waals surface area contributed by atoms with E-state index in [1.807, 2.05) is 18.4 Å². The number of hydrogen-bond donors (Lipinski definition) is 3. The zero-order valence-corrected chi connectivity index (χ0v) is 12.1. The Morgan fingerprint density at radius 3 is 2.75 bits per heavy atom. The van der Waals surface area contributed by atoms with E-state index in [4.69, 9.17) is 15.9 Å². The van der Waals surface area contributed by atoms with Crippen LogP contribution < -0.4 is 16.8 Å². The molecular formula is C12H17N5O2S. The highest BCUT2D eigenvalue weighted by Gasteiger charge is 2.00. The molecule has 0 atom stereocenters. The highest BCUT2D eigenvalue weighted by atomic mass is 32.1. The summed E-state index contributed by atoms with van der Waals surface area (Å²) in [5.41, 5.74) is 11.2. The van der Waals surface area contributed by atoms with Crippen molar-refractivity contribution in [1.82, 2.24) is 10.3 Å². The molecule has 2 rings (SSSR count). The molecule has 0 radical (unpaired) electrons. The Morgan fingerprint density at radius 1 is 1.55 bits per heavy atom. The maximum Gasteiger partial charge on any atom is 0.217 e. The summed E-state index contributed by atoms with van der Waals surface area (Å²) in [4.78, 5) is 18.0. The summed E-state index contributed by atoms with van der Waals surface area (Å²) in [5.74, 6) is 0.825. The molecule has 2 heterocycles. The van der Waals surface area contributed by atoms with Crippen LogP contribution in [0, 0.1) is 6.92 Å². The minimum Gasteiger partial charge on any atom is -0.467 e. The van der Waals surface area contributed by atoms with Gasteiger partial charge in [-0.1, -0.05) is 0 Å². The van der Waals surface area contributed by atoms with Gasteiger partial charge in [-0.2, -0.15) is 4.99 Å². The topological polar surface area (TPSA) is 120 Å². The van der Waals surface area contributed by atoms with E-state index < -0.39 is 0 Å². The number of nitrogens with one attached hydrogen (secondary N) is 1. The third-order valence-corrected chi connectivity index (χ3v) is 2.78. The van der Waals surface area contributed by atoms with Crippen molar-refractivity contribution < 1.29 is 9.21 Å². The molecule has 0 aliphatic carbocycles. The van der Waals surface area contributed by atoms with E-state index in [0.29, 0.717) is 11.7 Å². The molecule has 7 nitrogen and oxygen atoms in total. The summed E-state index contributed by atoms with van der Waals surface area (Å²) in [6.45, 7) is 3.91. The van der Waals surface area contributed by atoms with Gasteiger partial charge in [0.1, 0.15) is 5.76 Å². The van der Waals surface area contributed by atoms with E-state index in [-0.39, 0.29) is 11.9 Å². The summed E-state index contributed by atoms with van der Waals surface area (Å²) in [6, 6.07) is 1.87. The summed E-state index contributed by atoms with van der Waals surface area (Å²) in [5, 5.41) is 5.06. The van der Waals surface area contributed by atoms with Crippen LogP contribution in [0.3, 0.4) is 0 Å². The molecule has 20 heavy (non-hydrogen) atoms. The first-order chi connectivity index (χ1) is 9.49. The summed E-state index contributed by atoms with van der Waals surface area (Å²) in [6.07, 6.45) is 3.26. The summed E-state index contributed by atoms with van der Waals surface area (Å²) < 4.78 is 5.10. The molecule has 0 unspecified atom stereocenters. The molecule has 0 bridgehead atoms. The normalized spacial score (nSPS) is 9.30. The number of carbonyl (C=O) groups excluding carboxylic acids is 1. The average molecular weight is 295 g/mol. The van der Waals surface area contributed by atoms with Crippen molar-refractivity contribution in [2.75, 3.05) is 0 Å². The van der Waals surface area contributed by atoms with E-state index in [1.165, 1.54) is 18.3 Å². The molecule has 0 aliphatic rings. The quantitative estimate of drug-likeness (QED) is 0.582. The van der Waals surface area contributed by atoms with Crippen molar-refractivity contribution in [1.29, 1.82) is 0 Å². The Hall–Kier alpha value is -2.35. The lowest BCUT2D eigenvalue weighted by Crippen LogP contribution is -2.21. The van der Waals surface area contributed by atoms with Crippen LogP contribution in [0.5, 0.6) is 0 Å². The zero-order valence-electron chi connectivity index (χ0n) is 11.3. The van der Waals surface area contributed by atoms with E-state index in [0.717, 1.165) is 11.3 Å². The molecular weight excluding hydrogens is 278 g/mol. The number of carbonyl (C=O) groups is 1. The molecule has 8 heteroatoms. The van der Waals surface area contributed by atoms with Gasteiger partial charge in [-0.15, -0.1) is 11.3 Å². The first kappa shape index (κ1) is 15.7. The van der Waals surface area contributed by atoms with Crippen molar-refractivity contribution in [3.05, 3.63) is 35.2 Å². The molecule has 0 fully saturated rings. The fourth-order valence-electron chi connectivity index (χ4n) is 1.17. The Labute approximate surface area is 120 Å². The molecule has 108 valence electrons. The van der Waals surface area contributed by atoms with Crippen molar-refractivity contribution in [3.63, 3.8) is 0 Å². The highest BCUT2D eigenvalue weighted by molar-refractivity contribution is 7.13. The number of aliphatic imine (C=N–C) groups is 1. The number of hydrogen-bond acceptors (Lipinski definition) is 5. The van der Waals surface area contributed by atoms with Crippen LogP contribution in [-0.4, -0.2) is 16.9 Å². The maximum atomic E-state index is 10.5. The van der Waals surface area contributed by atoms with Crippen LogP contribution in [0.15, 0.2) is 33.3 Å². The lowest BCUT2D eigenvalue weighted by atomic mass is 10.3. The Bertz CT molecular complexity index is 558. The van der Waals surface area contributed by atoms with Crippen LogP contribution in [-0.2, 0) is 11.3 Å². The lowest BCUT2D eigenvalue weighted by molar-refractivity contribution is -0.119. The molecule has 0 aromatic carbocycles. The molecule has 1 amide bonds. The van der Waals surface area contributed by atoms with Crippen LogP contribution >= 0.6 is 11.3 Å². The second-order valence-corrected chi connectivity index (χ2v) is 4.66. The molecule has 0 aliphatic heterocycles. The number of rotatable bonds is 3. The second kappa shape index (κ2) is 7.95. The van der Waals surface area contributed by atoms with Gasteiger partial charge in [0.25, 0.3) is 0 Å². The predicted molar refractivity (Wildman–Crippen MR) is 78.5 cm³/mol. The van der Waals surface area contributed by atoms with Gasteiger partial charge in [-0.05, 0) is 18.6 Å². The molecule has 0 saturated heterocycles. The zero-order chi connectivity index (χ0) is 15.0. The van der Waals surface area contributed by atoms with Gasteiger partial charge >= 0.3 is 0 Å². The average Bonchev–Trinajstić information content (AvgIpc) is 2.98. The van der Waals surface area contributed by atoms with E-state index in [9.17, 15) is 4.79 Å². The van der Waals surface area contributed by atoms with Crippen molar-refractivity contribution in [2.45, 2.75) is 20.4 Å². The number of amides is 1. The largest absolute Gasteiger partial charge is 0.467 e. The monoisotopic (exact) mass is 295 g/mol. The number of aryl methyl sites for hydroxylation is 1. The van der Waals surface area contributed by atoms with E-state index in [1.54, 1.807) is 12.5 Å². The number of thiazole rings is 1. The smallest absolute Gasteiger partial charge is 0.217 e. The van der Waals surface area contributed by atoms with Gasteiger partial charge in [-0.25, -0.2) is 4.98 Å². The third-order valence-electron chi connectivity index (χ3n) is 2.11.